The van der Waals surface area contributed by atoms with Gasteiger partial charge in [0.1, 0.15) is 5.82 Å². The number of para-hydroxylation sites is 1. The van der Waals surface area contributed by atoms with Gasteiger partial charge < -0.3 is 10.4 Å². The summed E-state index contributed by atoms with van der Waals surface area (Å²) in [5, 5.41) is 12.1. The number of aromatic carboxylic acids is 1. The average Bonchev–Trinajstić information content (AvgIpc) is 2.45. The summed E-state index contributed by atoms with van der Waals surface area (Å²) in [7, 11) is 0. The van der Waals surface area contributed by atoms with E-state index in [-0.39, 0.29) is 5.56 Å². The normalized spacial score (nSPS) is 10.7. The van der Waals surface area contributed by atoms with Crippen molar-refractivity contribution in [2.75, 3.05) is 5.32 Å². The lowest BCUT2D eigenvalue weighted by Gasteiger charge is -2.14. The molecule has 2 aromatic rings. The summed E-state index contributed by atoms with van der Waals surface area (Å²) >= 11 is 0. The summed E-state index contributed by atoms with van der Waals surface area (Å²) in [6.45, 7) is 4.67. The molecule has 0 bridgehead atoms. The van der Waals surface area contributed by atoms with Gasteiger partial charge in [-0.2, -0.15) is 0 Å². The van der Waals surface area contributed by atoms with Crippen molar-refractivity contribution in [3.05, 3.63) is 65.0 Å². The molecule has 2 rings (SSSR count). The van der Waals surface area contributed by atoms with Crippen molar-refractivity contribution in [2.24, 2.45) is 0 Å². The van der Waals surface area contributed by atoms with Gasteiger partial charge in [0.05, 0.1) is 5.56 Å². The Morgan fingerprint density at radius 3 is 2.57 bits per heavy atom. The van der Waals surface area contributed by atoms with Crippen molar-refractivity contribution >= 4 is 11.7 Å². The predicted molar refractivity (Wildman–Crippen MR) is 81.2 cm³/mol. The quantitative estimate of drug-likeness (QED) is 0.864. The molecule has 4 heteroatoms. The second kappa shape index (κ2) is 6.39. The molecule has 0 heterocycles. The summed E-state index contributed by atoms with van der Waals surface area (Å²) in [4.78, 5) is 10.8. The molecular formula is C17H18FNO2. The number of benzene rings is 2. The van der Waals surface area contributed by atoms with Gasteiger partial charge in [-0.15, -0.1) is 0 Å². The third-order valence-corrected chi connectivity index (χ3v) is 3.33. The fourth-order valence-corrected chi connectivity index (χ4v) is 2.20. The van der Waals surface area contributed by atoms with Gasteiger partial charge in [-0.1, -0.05) is 38.1 Å². The van der Waals surface area contributed by atoms with Crippen LogP contribution in [0.15, 0.2) is 42.5 Å². The van der Waals surface area contributed by atoms with Gasteiger partial charge in [-0.25, -0.2) is 9.18 Å². The van der Waals surface area contributed by atoms with Crippen molar-refractivity contribution in [3.8, 4) is 0 Å². The zero-order valence-corrected chi connectivity index (χ0v) is 12.1. The highest BCUT2D eigenvalue weighted by atomic mass is 19.1. The maximum atomic E-state index is 13.6. The zero-order valence-electron chi connectivity index (χ0n) is 12.1. The number of hydrogen-bond acceptors (Lipinski definition) is 2. The van der Waals surface area contributed by atoms with Crippen LogP contribution in [0.4, 0.5) is 10.1 Å². The summed E-state index contributed by atoms with van der Waals surface area (Å²) in [5.41, 5.74) is 2.60. The van der Waals surface area contributed by atoms with E-state index < -0.39 is 11.8 Å². The van der Waals surface area contributed by atoms with Crippen LogP contribution in [-0.2, 0) is 6.54 Å². The Balaban J connectivity index is 2.14. The van der Waals surface area contributed by atoms with Gasteiger partial charge in [-0.05, 0) is 35.2 Å². The van der Waals surface area contributed by atoms with Gasteiger partial charge in [-0.3, -0.25) is 0 Å². The number of carboxylic acid groups (broad SMARTS) is 1. The molecule has 0 radical (unpaired) electrons. The maximum absolute atomic E-state index is 13.6. The molecule has 0 saturated heterocycles. The van der Waals surface area contributed by atoms with E-state index in [1.54, 1.807) is 6.07 Å². The van der Waals surface area contributed by atoms with Crippen molar-refractivity contribution in [1.29, 1.82) is 0 Å². The molecule has 0 unspecified atom stereocenters. The van der Waals surface area contributed by atoms with Crippen LogP contribution in [0.2, 0.25) is 0 Å². The molecule has 21 heavy (non-hydrogen) atoms. The third kappa shape index (κ3) is 3.60. The molecule has 0 atom stereocenters. The highest BCUT2D eigenvalue weighted by molar-refractivity contribution is 5.87. The van der Waals surface area contributed by atoms with Crippen LogP contribution in [-0.4, -0.2) is 11.1 Å². The molecule has 0 saturated carbocycles. The fraction of sp³-hybridized carbons (Fsp3) is 0.235. The smallest absolute Gasteiger partial charge is 0.338 e. The molecule has 3 nitrogen and oxygen atoms in total. The van der Waals surface area contributed by atoms with E-state index in [4.69, 9.17) is 5.11 Å². The van der Waals surface area contributed by atoms with E-state index in [1.807, 2.05) is 18.2 Å². The number of halogens is 1. The highest BCUT2D eigenvalue weighted by Crippen LogP contribution is 2.24. The minimum atomic E-state index is -1.25. The standard InChI is InChI=1S/C17H18FNO2/c1-11(2)13-5-3-4-6-16(13)19-10-12-7-8-14(17(20)21)15(18)9-12/h3-9,11,19H,10H2,1-2H3,(H,20,21). The molecule has 110 valence electrons. The van der Waals surface area contributed by atoms with E-state index in [1.165, 1.54) is 17.7 Å². The zero-order chi connectivity index (χ0) is 15.4. The maximum Gasteiger partial charge on any atom is 0.338 e. The minimum Gasteiger partial charge on any atom is -0.478 e. The van der Waals surface area contributed by atoms with Crippen LogP contribution in [0.25, 0.3) is 0 Å². The molecule has 2 N–H and O–H groups in total. The Labute approximate surface area is 123 Å². The molecule has 2 aromatic carbocycles. The Morgan fingerprint density at radius 1 is 1.24 bits per heavy atom. The third-order valence-electron chi connectivity index (χ3n) is 3.33. The summed E-state index contributed by atoms with van der Waals surface area (Å²) in [6.07, 6.45) is 0. The lowest BCUT2D eigenvalue weighted by Crippen LogP contribution is -2.05. The first-order valence-electron chi connectivity index (χ1n) is 6.83. The van der Waals surface area contributed by atoms with Crippen LogP contribution >= 0.6 is 0 Å². The van der Waals surface area contributed by atoms with Crippen molar-refractivity contribution < 1.29 is 14.3 Å². The molecule has 0 fully saturated rings. The van der Waals surface area contributed by atoms with Crippen LogP contribution in [0.3, 0.4) is 0 Å². The number of carboxylic acids is 1. The average molecular weight is 287 g/mol. The molecular weight excluding hydrogens is 269 g/mol. The number of carbonyl (C=O) groups is 1. The lowest BCUT2D eigenvalue weighted by atomic mass is 10.0. The first kappa shape index (κ1) is 15.0. The van der Waals surface area contributed by atoms with Crippen LogP contribution in [0.5, 0.6) is 0 Å². The second-order valence-corrected chi connectivity index (χ2v) is 5.21. The van der Waals surface area contributed by atoms with Crippen molar-refractivity contribution in [2.45, 2.75) is 26.3 Å². The van der Waals surface area contributed by atoms with E-state index in [2.05, 4.69) is 25.2 Å². The van der Waals surface area contributed by atoms with E-state index >= 15 is 0 Å². The summed E-state index contributed by atoms with van der Waals surface area (Å²) in [5.74, 6) is -1.57. The minimum absolute atomic E-state index is 0.304. The Morgan fingerprint density at radius 2 is 1.95 bits per heavy atom. The van der Waals surface area contributed by atoms with Crippen LogP contribution < -0.4 is 5.32 Å². The van der Waals surface area contributed by atoms with E-state index in [0.29, 0.717) is 18.0 Å². The lowest BCUT2D eigenvalue weighted by molar-refractivity contribution is 0.0692. The van der Waals surface area contributed by atoms with Gasteiger partial charge >= 0.3 is 5.97 Å². The molecule has 0 aromatic heterocycles. The molecule has 0 aliphatic heterocycles. The Bertz CT molecular complexity index is 653. The number of rotatable bonds is 5. The van der Waals surface area contributed by atoms with Gasteiger partial charge in [0, 0.05) is 12.2 Å². The monoisotopic (exact) mass is 287 g/mol. The number of nitrogens with one attached hydrogen (secondary N) is 1. The SMILES string of the molecule is CC(C)c1ccccc1NCc1ccc(C(=O)O)c(F)c1. The van der Waals surface area contributed by atoms with Crippen LogP contribution in [0, 0.1) is 5.82 Å². The first-order chi connectivity index (χ1) is 9.99. The predicted octanol–water partition coefficient (Wildman–Crippen LogP) is 4.26. The van der Waals surface area contributed by atoms with Crippen molar-refractivity contribution in [1.82, 2.24) is 0 Å². The van der Waals surface area contributed by atoms with E-state index in [9.17, 15) is 9.18 Å². The molecule has 0 spiro atoms. The first-order valence-corrected chi connectivity index (χ1v) is 6.83. The molecule has 0 aliphatic carbocycles. The topological polar surface area (TPSA) is 49.3 Å². The molecule has 0 aliphatic rings. The largest absolute Gasteiger partial charge is 0.478 e. The summed E-state index contributed by atoms with van der Waals surface area (Å²) < 4.78 is 13.6. The highest BCUT2D eigenvalue weighted by Gasteiger charge is 2.11. The van der Waals surface area contributed by atoms with E-state index in [0.717, 1.165) is 5.69 Å². The summed E-state index contributed by atoms with van der Waals surface area (Å²) in [6, 6.07) is 12.2. The van der Waals surface area contributed by atoms with Gasteiger partial charge in [0.2, 0.25) is 0 Å². The Kier molecular flexibility index (Phi) is 4.58. The second-order valence-electron chi connectivity index (χ2n) is 5.21. The number of anilines is 1. The molecule has 0 amide bonds. The van der Waals surface area contributed by atoms with Crippen molar-refractivity contribution in [3.63, 3.8) is 0 Å². The van der Waals surface area contributed by atoms with Gasteiger partial charge in [0.25, 0.3) is 0 Å². The number of hydrogen-bond donors (Lipinski definition) is 2. The fourth-order valence-electron chi connectivity index (χ4n) is 2.20. The Hall–Kier alpha value is -2.36. The van der Waals surface area contributed by atoms with Gasteiger partial charge in [0.15, 0.2) is 0 Å². The van der Waals surface area contributed by atoms with Crippen LogP contribution in [0.1, 0.15) is 41.3 Å².